The molecule has 124 valence electrons. The molecule has 0 aliphatic heterocycles. The normalized spacial score (nSPS) is 10.5. The summed E-state index contributed by atoms with van der Waals surface area (Å²) in [6, 6.07) is 27.4. The van der Waals surface area contributed by atoms with E-state index in [-0.39, 0.29) is 7.48 Å². The maximum absolute atomic E-state index is 9.24. The third-order valence-electron chi connectivity index (χ3n) is 4.09. The zero-order valence-electron chi connectivity index (χ0n) is 14.1. The second-order valence-corrected chi connectivity index (χ2v) is 5.89. The van der Waals surface area contributed by atoms with E-state index in [4.69, 9.17) is 0 Å². The summed E-state index contributed by atoms with van der Waals surface area (Å²) in [6.45, 7) is 0. The first kappa shape index (κ1) is 16.2. The number of hydrogen-bond acceptors (Lipinski definition) is 4. The molecular weight excluding hydrogens is 321 g/mol. The molecule has 0 saturated carbocycles. The molecule has 0 radical (unpaired) electrons. The SMILES string of the molecule is OBc1ccc(-c2nc(-c3ccccc3)nc(-c3ccccc3)n2)cc1. The molecule has 4 rings (SSSR count). The fourth-order valence-corrected chi connectivity index (χ4v) is 2.70. The summed E-state index contributed by atoms with van der Waals surface area (Å²) < 4.78 is 0. The largest absolute Gasteiger partial charge is 0.449 e. The molecule has 26 heavy (non-hydrogen) atoms. The van der Waals surface area contributed by atoms with Crippen molar-refractivity contribution in [3.63, 3.8) is 0 Å². The third kappa shape index (κ3) is 3.39. The molecule has 0 bridgehead atoms. The number of rotatable bonds is 4. The van der Waals surface area contributed by atoms with Crippen LogP contribution >= 0.6 is 0 Å². The Bertz CT molecular complexity index is 949. The highest BCUT2D eigenvalue weighted by atomic mass is 16.2. The number of nitrogens with zero attached hydrogens (tertiary/aromatic N) is 3. The summed E-state index contributed by atoms with van der Waals surface area (Å²) in [5.41, 5.74) is 3.63. The van der Waals surface area contributed by atoms with Crippen molar-refractivity contribution in [3.05, 3.63) is 84.9 Å². The molecule has 0 unspecified atom stereocenters. The first-order valence-electron chi connectivity index (χ1n) is 8.40. The van der Waals surface area contributed by atoms with Crippen LogP contribution in [0.3, 0.4) is 0 Å². The zero-order chi connectivity index (χ0) is 17.8. The molecule has 0 atom stereocenters. The van der Waals surface area contributed by atoms with Gasteiger partial charge >= 0.3 is 7.48 Å². The van der Waals surface area contributed by atoms with Crippen molar-refractivity contribution in [3.8, 4) is 34.2 Å². The van der Waals surface area contributed by atoms with E-state index >= 15 is 0 Å². The highest BCUT2D eigenvalue weighted by Crippen LogP contribution is 2.23. The standard InChI is InChI=1S/C21H16BN3O/c26-22-18-13-11-17(12-14-18)21-24-19(15-7-3-1-4-8-15)23-20(25-21)16-9-5-2-6-10-16/h1-14,22,26H. The molecule has 5 heteroatoms. The molecule has 1 heterocycles. The Balaban J connectivity index is 1.87. The summed E-state index contributed by atoms with van der Waals surface area (Å²) in [4.78, 5) is 14.0. The first-order valence-corrected chi connectivity index (χ1v) is 8.40. The molecule has 0 aliphatic rings. The lowest BCUT2D eigenvalue weighted by Gasteiger charge is -2.08. The summed E-state index contributed by atoms with van der Waals surface area (Å²) in [6.07, 6.45) is 0. The van der Waals surface area contributed by atoms with Gasteiger partial charge in [-0.25, -0.2) is 15.0 Å². The molecule has 0 aliphatic carbocycles. The van der Waals surface area contributed by atoms with Crippen LogP contribution in [-0.4, -0.2) is 27.5 Å². The monoisotopic (exact) mass is 337 g/mol. The summed E-state index contributed by atoms with van der Waals surface area (Å²) in [7, 11) is 0.0159. The predicted octanol–water partition coefficient (Wildman–Crippen LogP) is 2.84. The smallest absolute Gasteiger partial charge is 0.304 e. The van der Waals surface area contributed by atoms with Gasteiger partial charge in [-0.1, -0.05) is 90.4 Å². The molecule has 0 saturated heterocycles. The average Bonchev–Trinajstić information content (AvgIpc) is 2.75. The van der Waals surface area contributed by atoms with Crippen molar-refractivity contribution >= 4 is 12.9 Å². The van der Waals surface area contributed by atoms with Gasteiger partial charge in [0.05, 0.1) is 0 Å². The molecule has 1 aromatic heterocycles. The van der Waals surface area contributed by atoms with Gasteiger partial charge in [0, 0.05) is 16.7 Å². The second kappa shape index (κ2) is 7.29. The zero-order valence-corrected chi connectivity index (χ0v) is 14.1. The highest BCUT2D eigenvalue weighted by Gasteiger charge is 2.11. The molecule has 0 spiro atoms. The van der Waals surface area contributed by atoms with Crippen molar-refractivity contribution in [1.29, 1.82) is 0 Å². The summed E-state index contributed by atoms with van der Waals surface area (Å²) in [5.74, 6) is 1.89. The highest BCUT2D eigenvalue weighted by molar-refractivity contribution is 6.45. The van der Waals surface area contributed by atoms with Gasteiger partial charge in [-0.3, -0.25) is 0 Å². The minimum Gasteiger partial charge on any atom is -0.449 e. The Morgan fingerprint density at radius 3 is 1.27 bits per heavy atom. The van der Waals surface area contributed by atoms with Gasteiger partial charge in [-0.05, 0) is 0 Å². The predicted molar refractivity (Wildman–Crippen MR) is 105 cm³/mol. The van der Waals surface area contributed by atoms with Crippen LogP contribution in [0.5, 0.6) is 0 Å². The van der Waals surface area contributed by atoms with Crippen molar-refractivity contribution in [2.24, 2.45) is 0 Å². The Morgan fingerprint density at radius 1 is 0.500 bits per heavy atom. The molecule has 3 aromatic carbocycles. The van der Waals surface area contributed by atoms with Crippen LogP contribution in [0.25, 0.3) is 34.2 Å². The lowest BCUT2D eigenvalue weighted by Crippen LogP contribution is -2.12. The van der Waals surface area contributed by atoms with Crippen molar-refractivity contribution in [2.45, 2.75) is 0 Å². The Labute approximate surface area is 152 Å². The van der Waals surface area contributed by atoms with Crippen molar-refractivity contribution in [2.75, 3.05) is 0 Å². The van der Waals surface area contributed by atoms with E-state index in [9.17, 15) is 5.02 Å². The molecule has 0 amide bonds. The second-order valence-electron chi connectivity index (χ2n) is 5.89. The van der Waals surface area contributed by atoms with E-state index in [1.54, 1.807) is 0 Å². The van der Waals surface area contributed by atoms with Crippen LogP contribution < -0.4 is 5.46 Å². The summed E-state index contributed by atoms with van der Waals surface area (Å²) in [5, 5.41) is 9.24. The topological polar surface area (TPSA) is 58.9 Å². The van der Waals surface area contributed by atoms with E-state index in [1.165, 1.54) is 0 Å². The van der Waals surface area contributed by atoms with Gasteiger partial charge in [-0.2, -0.15) is 0 Å². The molecule has 4 aromatic rings. The minimum atomic E-state index is 0.0159. The van der Waals surface area contributed by atoms with Crippen LogP contribution in [0.2, 0.25) is 0 Å². The van der Waals surface area contributed by atoms with E-state index in [0.29, 0.717) is 17.5 Å². The summed E-state index contributed by atoms with van der Waals surface area (Å²) >= 11 is 0. The molecule has 0 fully saturated rings. The van der Waals surface area contributed by atoms with Gasteiger partial charge in [-0.15, -0.1) is 0 Å². The van der Waals surface area contributed by atoms with Crippen LogP contribution in [0.1, 0.15) is 0 Å². The van der Waals surface area contributed by atoms with Gasteiger partial charge in [0.1, 0.15) is 0 Å². The average molecular weight is 337 g/mol. The molecule has 4 nitrogen and oxygen atoms in total. The van der Waals surface area contributed by atoms with Crippen LogP contribution in [0.4, 0.5) is 0 Å². The maximum atomic E-state index is 9.24. The van der Waals surface area contributed by atoms with Crippen LogP contribution in [0, 0.1) is 0 Å². The molecule has 1 N–H and O–H groups in total. The fourth-order valence-electron chi connectivity index (χ4n) is 2.70. The Morgan fingerprint density at radius 2 is 0.885 bits per heavy atom. The minimum absolute atomic E-state index is 0.0159. The lowest BCUT2D eigenvalue weighted by atomic mass is 9.88. The van der Waals surface area contributed by atoms with Crippen LogP contribution in [-0.2, 0) is 0 Å². The van der Waals surface area contributed by atoms with Gasteiger partial charge in [0.2, 0.25) is 0 Å². The maximum Gasteiger partial charge on any atom is 0.304 e. The Kier molecular flexibility index (Phi) is 4.54. The van der Waals surface area contributed by atoms with E-state index in [1.807, 2.05) is 84.9 Å². The van der Waals surface area contributed by atoms with E-state index in [2.05, 4.69) is 15.0 Å². The Hall–Kier alpha value is -3.31. The van der Waals surface area contributed by atoms with E-state index < -0.39 is 0 Å². The third-order valence-corrected chi connectivity index (χ3v) is 4.09. The number of benzene rings is 3. The number of hydrogen-bond donors (Lipinski definition) is 1. The van der Waals surface area contributed by atoms with Crippen LogP contribution in [0.15, 0.2) is 84.9 Å². The van der Waals surface area contributed by atoms with E-state index in [0.717, 1.165) is 22.2 Å². The van der Waals surface area contributed by atoms with Gasteiger partial charge in [0.25, 0.3) is 0 Å². The fraction of sp³-hybridized carbons (Fsp3) is 0. The van der Waals surface area contributed by atoms with Gasteiger partial charge in [0.15, 0.2) is 17.5 Å². The quantitative estimate of drug-likeness (QED) is 0.582. The van der Waals surface area contributed by atoms with Crippen molar-refractivity contribution in [1.82, 2.24) is 15.0 Å². The lowest BCUT2D eigenvalue weighted by molar-refractivity contribution is 0.615. The first-order chi connectivity index (χ1) is 12.8. The molecular formula is C21H16BN3O. The van der Waals surface area contributed by atoms with Crippen molar-refractivity contribution < 1.29 is 5.02 Å². The van der Waals surface area contributed by atoms with Gasteiger partial charge < -0.3 is 5.02 Å². The number of aromatic nitrogens is 3.